The van der Waals surface area contributed by atoms with E-state index in [4.69, 9.17) is 0 Å². The third-order valence-electron chi connectivity index (χ3n) is 6.72. The quantitative estimate of drug-likeness (QED) is 0.255. The molecule has 0 amide bonds. The molecule has 0 aliphatic rings. The van der Waals surface area contributed by atoms with Crippen molar-refractivity contribution >= 4 is 75.6 Å². The van der Waals surface area contributed by atoms with Gasteiger partial charge in [-0.3, -0.25) is 0 Å². The maximum absolute atomic E-state index is 9.90. The van der Waals surface area contributed by atoms with Gasteiger partial charge < -0.3 is 10.0 Å². The third kappa shape index (κ3) is 3.24. The predicted octanol–water partition coefficient (Wildman–Crippen LogP) is 7.44. The molecule has 0 aliphatic carbocycles. The Morgan fingerprint density at radius 1 is 0.486 bits per heavy atom. The lowest BCUT2D eigenvalue weighted by atomic mass is 9.80. The van der Waals surface area contributed by atoms with Crippen LogP contribution >= 0.6 is 22.7 Å². The predicted molar refractivity (Wildman–Crippen MR) is 153 cm³/mol. The average Bonchev–Trinajstić information content (AvgIpc) is 3.47. The van der Waals surface area contributed by atoms with Crippen LogP contribution in [0.25, 0.3) is 62.6 Å². The van der Waals surface area contributed by atoms with Gasteiger partial charge in [-0.1, -0.05) is 91.0 Å². The summed E-state index contributed by atoms with van der Waals surface area (Å²) in [5, 5.41) is 24.6. The number of hydrogen-bond donors (Lipinski definition) is 2. The molecule has 2 nitrogen and oxygen atoms in total. The lowest BCUT2D eigenvalue weighted by Crippen LogP contribution is -2.29. The van der Waals surface area contributed by atoms with Crippen molar-refractivity contribution < 1.29 is 10.0 Å². The van der Waals surface area contributed by atoms with Gasteiger partial charge in [0.05, 0.1) is 0 Å². The van der Waals surface area contributed by atoms with E-state index in [1.54, 1.807) is 17.4 Å². The highest BCUT2D eigenvalue weighted by atomic mass is 32.1. The maximum Gasteiger partial charge on any atom is 0.489 e. The molecule has 7 aromatic rings. The van der Waals surface area contributed by atoms with E-state index in [0.29, 0.717) is 5.46 Å². The highest BCUT2D eigenvalue weighted by molar-refractivity contribution is 7.27. The monoisotopic (exact) mass is 486 g/mol. The van der Waals surface area contributed by atoms with Gasteiger partial charge >= 0.3 is 7.12 Å². The Bertz CT molecular complexity index is 1900. The van der Waals surface area contributed by atoms with Gasteiger partial charge in [-0.2, -0.15) is 0 Å². The molecule has 7 rings (SSSR count). The molecular weight excluding hydrogens is 467 g/mol. The molecule has 0 atom stereocenters. The zero-order valence-electron chi connectivity index (χ0n) is 18.6. The van der Waals surface area contributed by atoms with Crippen LogP contribution in [0.4, 0.5) is 0 Å². The van der Waals surface area contributed by atoms with Gasteiger partial charge in [0.15, 0.2) is 0 Å². The second-order valence-corrected chi connectivity index (χ2v) is 10.8. The highest BCUT2D eigenvalue weighted by Gasteiger charge is 2.19. The fourth-order valence-electron chi connectivity index (χ4n) is 5.10. The van der Waals surface area contributed by atoms with E-state index in [0.717, 1.165) is 31.3 Å². The molecule has 0 saturated carbocycles. The highest BCUT2D eigenvalue weighted by Crippen LogP contribution is 2.42. The molecule has 166 valence electrons. The largest absolute Gasteiger partial charge is 0.489 e. The van der Waals surface area contributed by atoms with Crippen LogP contribution in [-0.2, 0) is 0 Å². The summed E-state index contributed by atoms with van der Waals surface area (Å²) in [5.74, 6) is 0. The lowest BCUT2D eigenvalue weighted by Gasteiger charge is -2.08. The summed E-state index contributed by atoms with van der Waals surface area (Å²) in [6.45, 7) is 0. The van der Waals surface area contributed by atoms with E-state index < -0.39 is 7.12 Å². The fraction of sp³-hybridized carbons (Fsp3) is 0. The number of fused-ring (bicyclic) bond motifs is 6. The normalized spacial score (nSPS) is 11.7. The van der Waals surface area contributed by atoms with Crippen LogP contribution < -0.4 is 5.46 Å². The molecule has 5 heteroatoms. The number of thiophene rings is 2. The number of hydrogen-bond acceptors (Lipinski definition) is 4. The molecule has 0 unspecified atom stereocenters. The SMILES string of the molecule is OB(O)c1cccc2c1sc1c(-c3cccc(-c4cccc5c4sc4ccccc45)c3)cccc12. The second-order valence-electron chi connectivity index (χ2n) is 8.74. The van der Waals surface area contributed by atoms with Crippen molar-refractivity contribution in [2.75, 3.05) is 0 Å². The summed E-state index contributed by atoms with van der Waals surface area (Å²) in [7, 11) is -1.49. The minimum absolute atomic E-state index is 0.555. The molecule has 0 radical (unpaired) electrons. The fourth-order valence-corrected chi connectivity index (χ4v) is 7.71. The van der Waals surface area contributed by atoms with E-state index in [1.807, 2.05) is 17.4 Å². The van der Waals surface area contributed by atoms with Crippen molar-refractivity contribution in [3.8, 4) is 22.3 Å². The van der Waals surface area contributed by atoms with Crippen LogP contribution in [0.2, 0.25) is 0 Å². The Kier molecular flexibility index (Phi) is 4.79. The van der Waals surface area contributed by atoms with Crippen LogP contribution in [0, 0.1) is 0 Å². The summed E-state index contributed by atoms with van der Waals surface area (Å²) >= 11 is 3.48. The van der Waals surface area contributed by atoms with Crippen LogP contribution in [0.3, 0.4) is 0 Å². The molecule has 35 heavy (non-hydrogen) atoms. The molecule has 2 heterocycles. The first-order chi connectivity index (χ1) is 17.2. The first kappa shape index (κ1) is 20.9. The first-order valence-electron chi connectivity index (χ1n) is 11.5. The zero-order valence-corrected chi connectivity index (χ0v) is 20.2. The summed E-state index contributed by atoms with van der Waals surface area (Å²) in [4.78, 5) is 0. The van der Waals surface area contributed by atoms with Gasteiger partial charge in [-0.15, -0.1) is 22.7 Å². The Morgan fingerprint density at radius 2 is 1.03 bits per heavy atom. The Morgan fingerprint density at radius 3 is 1.74 bits per heavy atom. The molecular formula is C30H19BO2S2. The minimum Gasteiger partial charge on any atom is -0.423 e. The third-order valence-corrected chi connectivity index (χ3v) is 9.25. The molecule has 2 aromatic heterocycles. The first-order valence-corrected chi connectivity index (χ1v) is 13.1. The van der Waals surface area contributed by atoms with E-state index in [-0.39, 0.29) is 0 Å². The van der Waals surface area contributed by atoms with Gasteiger partial charge in [-0.25, -0.2) is 0 Å². The number of rotatable bonds is 3. The molecule has 0 spiro atoms. The Balaban J connectivity index is 1.44. The molecule has 2 N–H and O–H groups in total. The number of benzene rings is 5. The maximum atomic E-state index is 9.90. The average molecular weight is 486 g/mol. The van der Waals surface area contributed by atoms with E-state index >= 15 is 0 Å². The molecule has 0 aliphatic heterocycles. The van der Waals surface area contributed by atoms with Crippen molar-refractivity contribution in [3.05, 3.63) is 103 Å². The Hall–Kier alpha value is -3.48. The molecule has 5 aromatic carbocycles. The molecule has 0 fully saturated rings. The smallest absolute Gasteiger partial charge is 0.423 e. The molecule has 0 saturated heterocycles. The zero-order chi connectivity index (χ0) is 23.5. The van der Waals surface area contributed by atoms with Crippen LogP contribution in [0.1, 0.15) is 0 Å². The van der Waals surface area contributed by atoms with Crippen molar-refractivity contribution in [1.29, 1.82) is 0 Å². The lowest BCUT2D eigenvalue weighted by molar-refractivity contribution is 0.426. The van der Waals surface area contributed by atoms with Gasteiger partial charge in [0.1, 0.15) is 0 Å². The van der Waals surface area contributed by atoms with E-state index in [9.17, 15) is 10.0 Å². The van der Waals surface area contributed by atoms with Crippen molar-refractivity contribution in [3.63, 3.8) is 0 Å². The summed E-state index contributed by atoms with van der Waals surface area (Å²) in [6, 6.07) is 36.0. The summed E-state index contributed by atoms with van der Waals surface area (Å²) in [6.07, 6.45) is 0. The van der Waals surface area contributed by atoms with Crippen molar-refractivity contribution in [2.24, 2.45) is 0 Å². The van der Waals surface area contributed by atoms with E-state index in [1.165, 1.54) is 31.3 Å². The standard InChI is InChI=1S/C30H19BO2S2/c32-31(33)26-15-6-14-25-24-13-5-11-21(29(24)35-30(25)26)19-8-3-7-18(17-19)20-10-4-12-23-22-9-1-2-16-27(22)34-28(20)23/h1-17,32-33H. The van der Waals surface area contributed by atoms with Crippen LogP contribution in [0.15, 0.2) is 103 Å². The Labute approximate surface area is 210 Å². The topological polar surface area (TPSA) is 40.5 Å². The summed E-state index contributed by atoms with van der Waals surface area (Å²) in [5.41, 5.74) is 5.32. The van der Waals surface area contributed by atoms with Gasteiger partial charge in [-0.05, 0) is 45.2 Å². The molecule has 0 bridgehead atoms. The van der Waals surface area contributed by atoms with Crippen molar-refractivity contribution in [1.82, 2.24) is 0 Å². The van der Waals surface area contributed by atoms with E-state index in [2.05, 4.69) is 91.0 Å². The minimum atomic E-state index is -1.49. The summed E-state index contributed by atoms with van der Waals surface area (Å²) < 4.78 is 4.71. The van der Waals surface area contributed by atoms with Gasteiger partial charge in [0.25, 0.3) is 0 Å². The van der Waals surface area contributed by atoms with Gasteiger partial charge in [0.2, 0.25) is 0 Å². The van der Waals surface area contributed by atoms with Crippen LogP contribution in [0.5, 0.6) is 0 Å². The van der Waals surface area contributed by atoms with Crippen LogP contribution in [-0.4, -0.2) is 17.2 Å². The second kappa shape index (κ2) is 8.04. The van der Waals surface area contributed by atoms with Crippen molar-refractivity contribution in [2.45, 2.75) is 0 Å². The van der Waals surface area contributed by atoms with Gasteiger partial charge in [0, 0.05) is 35.0 Å².